The average Bonchev–Trinajstić information content (AvgIpc) is 3.07. The van der Waals surface area contributed by atoms with Crippen LogP contribution in [0.25, 0.3) is 23.1 Å². The zero-order valence-corrected chi connectivity index (χ0v) is 10.5. The zero-order valence-electron chi connectivity index (χ0n) is 10.5. The first-order valence-electron chi connectivity index (χ1n) is 5.87. The summed E-state index contributed by atoms with van der Waals surface area (Å²) in [5, 5.41) is 16.8. The van der Waals surface area contributed by atoms with Gasteiger partial charge in [0.2, 0.25) is 5.89 Å². The van der Waals surface area contributed by atoms with E-state index in [4.69, 9.17) is 13.9 Å². The summed E-state index contributed by atoms with van der Waals surface area (Å²) in [5.74, 6) is 0.0220. The van der Waals surface area contributed by atoms with Gasteiger partial charge in [-0.15, -0.1) is 10.2 Å². The molecule has 0 atom stereocenters. The van der Waals surface area contributed by atoms with Gasteiger partial charge in [-0.2, -0.15) is 0 Å². The van der Waals surface area contributed by atoms with Crippen LogP contribution < -0.4 is 0 Å². The quantitative estimate of drug-likeness (QED) is 0.786. The monoisotopic (exact) mass is 270 g/mol. The molecule has 3 aromatic rings. The third kappa shape index (κ3) is 2.07. The van der Waals surface area contributed by atoms with Crippen molar-refractivity contribution in [2.75, 3.05) is 0 Å². The van der Waals surface area contributed by atoms with Gasteiger partial charge in [-0.1, -0.05) is 6.07 Å². The number of benzene rings is 1. The van der Waals surface area contributed by atoms with Crippen LogP contribution in [0, 0.1) is 6.92 Å². The minimum absolute atomic E-state index is 0.163. The molecule has 0 fully saturated rings. The van der Waals surface area contributed by atoms with Crippen LogP contribution in [0.3, 0.4) is 0 Å². The molecule has 6 nitrogen and oxygen atoms in total. The molecule has 6 heteroatoms. The third-order valence-electron chi connectivity index (χ3n) is 2.84. The van der Waals surface area contributed by atoms with Gasteiger partial charge < -0.3 is 13.9 Å². The molecule has 0 spiro atoms. The number of nitrogens with zero attached hydrogens (tertiary/aromatic N) is 2. The Kier molecular flexibility index (Phi) is 2.83. The molecule has 3 rings (SSSR count). The number of carbonyl (C=O) groups is 1. The third-order valence-corrected chi connectivity index (χ3v) is 2.84. The number of hydrogen-bond donors (Lipinski definition) is 1. The van der Waals surface area contributed by atoms with E-state index in [0.29, 0.717) is 11.3 Å². The Morgan fingerprint density at radius 2 is 2.00 bits per heavy atom. The molecular weight excluding hydrogens is 260 g/mol. The Labute approximate surface area is 113 Å². The number of carboxylic acid groups (broad SMARTS) is 1. The van der Waals surface area contributed by atoms with Crippen molar-refractivity contribution in [3.05, 3.63) is 47.7 Å². The highest BCUT2D eigenvalue weighted by molar-refractivity contribution is 5.88. The SMILES string of the molecule is Cc1ccoc1-c1nnc(-c2cccc(C(=O)O)c2)o1. The van der Waals surface area contributed by atoms with Gasteiger partial charge in [0.15, 0.2) is 5.76 Å². The molecule has 1 N–H and O–H groups in total. The number of hydrogen-bond acceptors (Lipinski definition) is 5. The summed E-state index contributed by atoms with van der Waals surface area (Å²) in [6.45, 7) is 1.87. The minimum Gasteiger partial charge on any atom is -0.478 e. The fraction of sp³-hybridized carbons (Fsp3) is 0.0714. The van der Waals surface area contributed by atoms with Crippen LogP contribution >= 0.6 is 0 Å². The summed E-state index contributed by atoms with van der Waals surface area (Å²) in [6, 6.07) is 8.11. The second kappa shape index (κ2) is 4.65. The summed E-state index contributed by atoms with van der Waals surface area (Å²) in [6.07, 6.45) is 1.54. The highest BCUT2D eigenvalue weighted by Crippen LogP contribution is 2.27. The van der Waals surface area contributed by atoms with E-state index in [1.54, 1.807) is 24.5 Å². The normalized spacial score (nSPS) is 10.7. The first-order chi connectivity index (χ1) is 9.65. The summed E-state index contributed by atoms with van der Waals surface area (Å²) < 4.78 is 10.8. The predicted octanol–water partition coefficient (Wildman–Crippen LogP) is 3.00. The van der Waals surface area contributed by atoms with E-state index in [1.807, 2.05) is 6.92 Å². The number of carboxylic acids is 1. The molecule has 1 aromatic carbocycles. The van der Waals surface area contributed by atoms with Crippen LogP contribution in [-0.4, -0.2) is 21.3 Å². The first-order valence-corrected chi connectivity index (χ1v) is 5.87. The lowest BCUT2D eigenvalue weighted by Crippen LogP contribution is -1.95. The van der Waals surface area contributed by atoms with Gasteiger partial charge in [-0.05, 0) is 31.2 Å². The lowest BCUT2D eigenvalue weighted by Gasteiger charge is -1.97. The average molecular weight is 270 g/mol. The van der Waals surface area contributed by atoms with Gasteiger partial charge in [-0.3, -0.25) is 0 Å². The van der Waals surface area contributed by atoms with Gasteiger partial charge in [0.05, 0.1) is 11.8 Å². The van der Waals surface area contributed by atoms with Crippen LogP contribution in [-0.2, 0) is 0 Å². The van der Waals surface area contributed by atoms with E-state index >= 15 is 0 Å². The van der Waals surface area contributed by atoms with Crippen molar-refractivity contribution in [3.63, 3.8) is 0 Å². The van der Waals surface area contributed by atoms with E-state index in [-0.39, 0.29) is 17.3 Å². The number of aromatic carboxylic acids is 1. The van der Waals surface area contributed by atoms with Crippen molar-refractivity contribution < 1.29 is 18.7 Å². The summed E-state index contributed by atoms with van der Waals surface area (Å²) in [7, 11) is 0. The van der Waals surface area contributed by atoms with Gasteiger partial charge in [-0.25, -0.2) is 4.79 Å². The first kappa shape index (κ1) is 12.2. The zero-order chi connectivity index (χ0) is 14.1. The van der Waals surface area contributed by atoms with Crippen molar-refractivity contribution in [3.8, 4) is 23.1 Å². The smallest absolute Gasteiger partial charge is 0.335 e. The number of rotatable bonds is 3. The number of aromatic nitrogens is 2. The molecule has 0 radical (unpaired) electrons. The maximum atomic E-state index is 10.9. The molecule has 0 amide bonds. The second-order valence-electron chi connectivity index (χ2n) is 4.23. The molecule has 0 aliphatic heterocycles. The lowest BCUT2D eigenvalue weighted by atomic mass is 10.1. The van der Waals surface area contributed by atoms with E-state index in [2.05, 4.69) is 10.2 Å². The predicted molar refractivity (Wildman–Crippen MR) is 69.1 cm³/mol. The van der Waals surface area contributed by atoms with Crippen molar-refractivity contribution >= 4 is 5.97 Å². The molecule has 2 heterocycles. The molecule has 2 aromatic heterocycles. The lowest BCUT2D eigenvalue weighted by molar-refractivity contribution is 0.0697. The number of furan rings is 1. The highest BCUT2D eigenvalue weighted by Gasteiger charge is 2.15. The maximum Gasteiger partial charge on any atom is 0.335 e. The van der Waals surface area contributed by atoms with E-state index in [9.17, 15) is 4.79 Å². The Morgan fingerprint density at radius 1 is 1.20 bits per heavy atom. The molecule has 20 heavy (non-hydrogen) atoms. The Morgan fingerprint density at radius 3 is 2.70 bits per heavy atom. The summed E-state index contributed by atoms with van der Waals surface area (Å²) >= 11 is 0. The molecule has 0 saturated heterocycles. The Balaban J connectivity index is 2.00. The Bertz CT molecular complexity index is 773. The van der Waals surface area contributed by atoms with Crippen molar-refractivity contribution in [2.24, 2.45) is 0 Å². The molecule has 0 unspecified atom stereocenters. The fourth-order valence-electron chi connectivity index (χ4n) is 1.81. The molecule has 100 valence electrons. The fourth-order valence-corrected chi connectivity index (χ4v) is 1.81. The largest absolute Gasteiger partial charge is 0.478 e. The van der Waals surface area contributed by atoms with Crippen molar-refractivity contribution in [1.29, 1.82) is 0 Å². The Hall–Kier alpha value is -2.89. The molecule has 0 aliphatic rings. The summed E-state index contributed by atoms with van der Waals surface area (Å²) in [4.78, 5) is 10.9. The van der Waals surface area contributed by atoms with Crippen LogP contribution in [0.1, 0.15) is 15.9 Å². The van der Waals surface area contributed by atoms with Gasteiger partial charge >= 0.3 is 5.97 Å². The van der Waals surface area contributed by atoms with Crippen LogP contribution in [0.5, 0.6) is 0 Å². The van der Waals surface area contributed by atoms with Crippen molar-refractivity contribution in [1.82, 2.24) is 10.2 Å². The van der Waals surface area contributed by atoms with Gasteiger partial charge in [0.25, 0.3) is 5.89 Å². The number of aryl methyl sites for hydroxylation is 1. The van der Waals surface area contributed by atoms with E-state index < -0.39 is 5.97 Å². The highest BCUT2D eigenvalue weighted by atomic mass is 16.4. The molecule has 0 bridgehead atoms. The summed E-state index contributed by atoms with van der Waals surface area (Å²) in [5.41, 5.74) is 1.60. The maximum absolute atomic E-state index is 10.9. The van der Waals surface area contributed by atoms with Gasteiger partial charge in [0.1, 0.15) is 0 Å². The standard InChI is InChI=1S/C14H10N2O4/c1-8-5-6-19-11(8)13-16-15-12(20-13)9-3-2-4-10(7-9)14(17)18/h2-7H,1H3,(H,17,18). The molecule has 0 saturated carbocycles. The van der Waals surface area contributed by atoms with Crippen LogP contribution in [0.4, 0.5) is 0 Å². The van der Waals surface area contributed by atoms with Crippen LogP contribution in [0.2, 0.25) is 0 Å². The van der Waals surface area contributed by atoms with E-state index in [1.165, 1.54) is 12.1 Å². The van der Waals surface area contributed by atoms with Crippen LogP contribution in [0.15, 0.2) is 45.4 Å². The van der Waals surface area contributed by atoms with E-state index in [0.717, 1.165) is 5.56 Å². The molecular formula is C14H10N2O4. The molecule has 0 aliphatic carbocycles. The van der Waals surface area contributed by atoms with Gasteiger partial charge in [0, 0.05) is 11.1 Å². The topological polar surface area (TPSA) is 89.4 Å². The minimum atomic E-state index is -1.01. The second-order valence-corrected chi connectivity index (χ2v) is 4.23. The van der Waals surface area contributed by atoms with Crippen molar-refractivity contribution in [2.45, 2.75) is 6.92 Å².